The summed E-state index contributed by atoms with van der Waals surface area (Å²) in [6, 6.07) is 2.15. The van der Waals surface area contributed by atoms with E-state index in [0.29, 0.717) is 18.9 Å². The van der Waals surface area contributed by atoms with E-state index in [-0.39, 0.29) is 17.4 Å². The van der Waals surface area contributed by atoms with Crippen LogP contribution in [0.15, 0.2) is 18.6 Å². The van der Waals surface area contributed by atoms with E-state index < -0.39 is 0 Å². The maximum Gasteiger partial charge on any atom is 0.220 e. The first kappa shape index (κ1) is 16.4. The zero-order valence-electron chi connectivity index (χ0n) is 14.0. The molecule has 5 nitrogen and oxygen atoms in total. The van der Waals surface area contributed by atoms with Crippen molar-refractivity contribution in [1.29, 1.82) is 0 Å². The summed E-state index contributed by atoms with van der Waals surface area (Å²) >= 11 is 0. The number of rotatable bonds is 6. The van der Waals surface area contributed by atoms with E-state index in [0.717, 1.165) is 18.7 Å². The van der Waals surface area contributed by atoms with Crippen molar-refractivity contribution >= 4 is 5.91 Å². The summed E-state index contributed by atoms with van der Waals surface area (Å²) in [5.41, 5.74) is 1.11. The SMILES string of the molecule is CCO[C@H]1C[C@H](NC(=O)CCc2ccncn2)C12CCCCC2. The molecule has 126 valence electrons. The zero-order chi connectivity index (χ0) is 16.1. The van der Waals surface area contributed by atoms with Crippen molar-refractivity contribution in [2.75, 3.05) is 6.61 Å². The summed E-state index contributed by atoms with van der Waals surface area (Å²) in [7, 11) is 0. The molecule has 1 amide bonds. The molecule has 2 aliphatic rings. The molecule has 0 unspecified atom stereocenters. The maximum absolute atomic E-state index is 12.3. The molecule has 2 fully saturated rings. The number of carbonyl (C=O) groups is 1. The van der Waals surface area contributed by atoms with E-state index in [1.54, 1.807) is 6.20 Å². The number of hydrogen-bond acceptors (Lipinski definition) is 4. The molecule has 0 radical (unpaired) electrons. The Kier molecular flexibility index (Phi) is 5.26. The number of hydrogen-bond donors (Lipinski definition) is 1. The lowest BCUT2D eigenvalue weighted by Gasteiger charge is -2.57. The summed E-state index contributed by atoms with van der Waals surface area (Å²) in [5, 5.41) is 3.27. The van der Waals surface area contributed by atoms with Crippen LogP contribution >= 0.6 is 0 Å². The van der Waals surface area contributed by atoms with Crippen LogP contribution in [0.3, 0.4) is 0 Å². The highest BCUT2D eigenvalue weighted by molar-refractivity contribution is 5.76. The Labute approximate surface area is 138 Å². The highest BCUT2D eigenvalue weighted by atomic mass is 16.5. The minimum absolute atomic E-state index is 0.133. The molecule has 2 aliphatic carbocycles. The van der Waals surface area contributed by atoms with Crippen molar-refractivity contribution in [3.8, 4) is 0 Å². The molecule has 0 aliphatic heterocycles. The third kappa shape index (κ3) is 3.55. The molecule has 1 aromatic rings. The first-order valence-corrected chi connectivity index (χ1v) is 8.90. The van der Waals surface area contributed by atoms with Crippen molar-refractivity contribution in [3.63, 3.8) is 0 Å². The molecule has 0 bridgehead atoms. The van der Waals surface area contributed by atoms with Gasteiger partial charge in [0.15, 0.2) is 0 Å². The topological polar surface area (TPSA) is 64.1 Å². The number of amides is 1. The van der Waals surface area contributed by atoms with Gasteiger partial charge in [0.1, 0.15) is 6.33 Å². The number of carbonyl (C=O) groups excluding carboxylic acids is 1. The van der Waals surface area contributed by atoms with Crippen LogP contribution in [0.4, 0.5) is 0 Å². The molecular weight excluding hydrogens is 290 g/mol. The van der Waals surface area contributed by atoms with E-state index in [1.807, 2.05) is 6.07 Å². The molecule has 3 rings (SSSR count). The summed E-state index contributed by atoms with van der Waals surface area (Å²) in [4.78, 5) is 20.4. The van der Waals surface area contributed by atoms with Crippen LogP contribution in [0.5, 0.6) is 0 Å². The highest BCUT2D eigenvalue weighted by Crippen LogP contribution is 2.53. The van der Waals surface area contributed by atoms with Gasteiger partial charge in [-0.05, 0) is 38.7 Å². The van der Waals surface area contributed by atoms with Crippen molar-refractivity contribution in [1.82, 2.24) is 15.3 Å². The lowest BCUT2D eigenvalue weighted by atomic mass is 9.55. The first-order chi connectivity index (χ1) is 11.2. The second-order valence-corrected chi connectivity index (χ2v) is 6.79. The van der Waals surface area contributed by atoms with Crippen molar-refractivity contribution in [2.45, 2.75) is 70.4 Å². The van der Waals surface area contributed by atoms with Gasteiger partial charge in [-0.1, -0.05) is 19.3 Å². The van der Waals surface area contributed by atoms with Gasteiger partial charge in [-0.15, -0.1) is 0 Å². The smallest absolute Gasteiger partial charge is 0.220 e. The molecule has 0 saturated heterocycles. The number of ether oxygens (including phenoxy) is 1. The van der Waals surface area contributed by atoms with Crippen LogP contribution in [-0.2, 0) is 16.0 Å². The van der Waals surface area contributed by atoms with Gasteiger partial charge in [-0.3, -0.25) is 4.79 Å². The van der Waals surface area contributed by atoms with Crippen molar-refractivity contribution in [2.24, 2.45) is 5.41 Å². The van der Waals surface area contributed by atoms with Gasteiger partial charge in [-0.25, -0.2) is 9.97 Å². The predicted molar refractivity (Wildman–Crippen MR) is 87.8 cm³/mol. The summed E-state index contributed by atoms with van der Waals surface area (Å²) in [6.07, 6.45) is 11.9. The van der Waals surface area contributed by atoms with Crippen LogP contribution in [-0.4, -0.2) is 34.6 Å². The molecule has 0 aromatic carbocycles. The second-order valence-electron chi connectivity index (χ2n) is 6.79. The molecule has 5 heteroatoms. The molecular formula is C18H27N3O2. The predicted octanol–water partition coefficient (Wildman–Crippen LogP) is 2.65. The van der Waals surface area contributed by atoms with Gasteiger partial charge < -0.3 is 10.1 Å². The third-order valence-corrected chi connectivity index (χ3v) is 5.52. The van der Waals surface area contributed by atoms with Crippen LogP contribution in [0.25, 0.3) is 0 Å². The van der Waals surface area contributed by atoms with E-state index in [4.69, 9.17) is 4.74 Å². The normalized spacial score (nSPS) is 25.8. The Morgan fingerprint density at radius 2 is 2.22 bits per heavy atom. The Morgan fingerprint density at radius 3 is 2.91 bits per heavy atom. The lowest BCUT2D eigenvalue weighted by Crippen LogP contribution is -2.65. The zero-order valence-corrected chi connectivity index (χ0v) is 14.0. The second kappa shape index (κ2) is 7.39. The average Bonchev–Trinajstić information content (AvgIpc) is 2.61. The van der Waals surface area contributed by atoms with Gasteiger partial charge in [0.2, 0.25) is 5.91 Å². The molecule has 1 aromatic heterocycles. The maximum atomic E-state index is 12.3. The van der Waals surface area contributed by atoms with Gasteiger partial charge in [0.25, 0.3) is 0 Å². The number of nitrogens with one attached hydrogen (secondary N) is 1. The van der Waals surface area contributed by atoms with E-state index in [1.165, 1.54) is 38.4 Å². The van der Waals surface area contributed by atoms with Gasteiger partial charge in [0.05, 0.1) is 6.10 Å². The van der Waals surface area contributed by atoms with Gasteiger partial charge in [-0.2, -0.15) is 0 Å². The number of aryl methyl sites for hydroxylation is 1. The minimum Gasteiger partial charge on any atom is -0.378 e. The lowest BCUT2D eigenvalue weighted by molar-refractivity contribution is -0.157. The number of aromatic nitrogens is 2. The first-order valence-electron chi connectivity index (χ1n) is 8.90. The molecule has 2 atom stereocenters. The Morgan fingerprint density at radius 1 is 1.39 bits per heavy atom. The third-order valence-electron chi connectivity index (χ3n) is 5.52. The van der Waals surface area contributed by atoms with Gasteiger partial charge in [0, 0.05) is 36.4 Å². The van der Waals surface area contributed by atoms with E-state index >= 15 is 0 Å². The fourth-order valence-electron chi connectivity index (χ4n) is 4.24. The Hall–Kier alpha value is -1.49. The van der Waals surface area contributed by atoms with Crippen molar-refractivity contribution < 1.29 is 9.53 Å². The minimum atomic E-state index is 0.133. The Balaban J connectivity index is 1.53. The highest BCUT2D eigenvalue weighted by Gasteiger charge is 2.55. The fraction of sp³-hybridized carbons (Fsp3) is 0.722. The monoisotopic (exact) mass is 317 g/mol. The summed E-state index contributed by atoms with van der Waals surface area (Å²) in [6.45, 7) is 2.82. The largest absolute Gasteiger partial charge is 0.378 e. The number of nitrogens with zero attached hydrogens (tertiary/aromatic N) is 2. The summed E-state index contributed by atoms with van der Waals surface area (Å²) < 4.78 is 5.94. The van der Waals surface area contributed by atoms with E-state index in [9.17, 15) is 4.79 Å². The van der Waals surface area contributed by atoms with Crippen LogP contribution in [0.2, 0.25) is 0 Å². The Bertz CT molecular complexity index is 514. The van der Waals surface area contributed by atoms with Gasteiger partial charge >= 0.3 is 0 Å². The molecule has 1 heterocycles. The van der Waals surface area contributed by atoms with Crippen LogP contribution in [0, 0.1) is 5.41 Å². The average molecular weight is 317 g/mol. The molecule has 1 spiro atoms. The molecule has 1 N–H and O–H groups in total. The quantitative estimate of drug-likeness (QED) is 0.876. The van der Waals surface area contributed by atoms with E-state index in [2.05, 4.69) is 22.2 Å². The standard InChI is InChI=1S/C18H27N3O2/c1-2-23-16-12-15(18(16)9-4-3-5-10-18)21-17(22)7-6-14-8-11-19-13-20-14/h8,11,13,15-16H,2-7,9-10,12H2,1H3,(H,21,22)/t15-,16-/m0/s1. The van der Waals surface area contributed by atoms with Crippen molar-refractivity contribution in [3.05, 3.63) is 24.3 Å². The van der Waals surface area contributed by atoms with Crippen LogP contribution < -0.4 is 5.32 Å². The molecule has 2 saturated carbocycles. The fourth-order valence-corrected chi connectivity index (χ4v) is 4.24. The summed E-state index contributed by atoms with van der Waals surface area (Å²) in [5.74, 6) is 0.133. The molecule has 23 heavy (non-hydrogen) atoms. The van der Waals surface area contributed by atoms with Crippen LogP contribution in [0.1, 0.15) is 57.6 Å².